The molecule has 0 bridgehead atoms. The summed E-state index contributed by atoms with van der Waals surface area (Å²) in [6.07, 6.45) is 2.18. The zero-order chi connectivity index (χ0) is 8.43. The van der Waals surface area contributed by atoms with E-state index >= 15 is 0 Å². The van der Waals surface area contributed by atoms with Gasteiger partial charge in [-0.2, -0.15) is 8.42 Å². The summed E-state index contributed by atoms with van der Waals surface area (Å²) >= 11 is 0. The number of allylic oxidation sites excluding steroid dienone is 1. The number of carbonyl (C=O) groups excluding carboxylic acids is 1. The van der Waals surface area contributed by atoms with Crippen molar-refractivity contribution >= 4 is 21.1 Å². The highest BCUT2D eigenvalue weighted by atomic mass is 32.2. The van der Waals surface area contributed by atoms with Crippen molar-refractivity contribution in [2.45, 2.75) is 12.8 Å². The van der Waals surface area contributed by atoms with Crippen LogP contribution in [0.15, 0.2) is 11.6 Å². The van der Waals surface area contributed by atoms with E-state index in [1.54, 1.807) is 0 Å². The summed E-state index contributed by atoms with van der Waals surface area (Å²) in [6, 6.07) is 0. The van der Waals surface area contributed by atoms with Gasteiger partial charge in [-0.15, -0.1) is 0 Å². The number of nitrogens with two attached hydrogens (primary N) is 1. The van der Waals surface area contributed by atoms with Gasteiger partial charge in [0, 0.05) is 5.57 Å². The fourth-order valence-electron chi connectivity index (χ4n) is 0.922. The van der Waals surface area contributed by atoms with Crippen LogP contribution in [0.1, 0.15) is 12.8 Å². The van der Waals surface area contributed by atoms with E-state index in [1.807, 2.05) is 0 Å². The van der Waals surface area contributed by atoms with E-state index in [9.17, 15) is 13.2 Å². The van der Waals surface area contributed by atoms with Crippen molar-refractivity contribution in [3.63, 3.8) is 0 Å². The monoisotopic (exact) mass is 173 g/mol. The number of hydrogen-bond acceptors (Lipinski definition) is 3. The number of carbonyl (C=O) groups is 1. The van der Waals surface area contributed by atoms with E-state index in [4.69, 9.17) is 5.73 Å². The number of rotatable bonds is 1. The van der Waals surface area contributed by atoms with E-state index in [1.165, 1.54) is 6.08 Å². The molecule has 0 saturated heterocycles. The maximum absolute atomic E-state index is 10.5. The first-order valence-corrected chi connectivity index (χ1v) is 4.14. The lowest BCUT2D eigenvalue weighted by Gasteiger charge is -1.88. The molecule has 0 radical (unpaired) electrons. The summed E-state index contributed by atoms with van der Waals surface area (Å²) in [6.45, 7) is 0. The van der Waals surface area contributed by atoms with Crippen LogP contribution in [0.25, 0.3) is 0 Å². The standard InChI is InChI=1S/C6H7NO3S/c7-6(8)4-1-2-5(3-4)11(9)10/h3H,1-2H2,(H2,7,8). The molecule has 0 atom stereocenters. The highest BCUT2D eigenvalue weighted by molar-refractivity contribution is 7.73. The Kier molecular flexibility index (Phi) is 2.09. The largest absolute Gasteiger partial charge is 0.366 e. The summed E-state index contributed by atoms with van der Waals surface area (Å²) in [5, 5.41) is 0. The van der Waals surface area contributed by atoms with Gasteiger partial charge >= 0.3 is 0 Å². The van der Waals surface area contributed by atoms with Crippen LogP contribution in [0.2, 0.25) is 0 Å². The van der Waals surface area contributed by atoms with E-state index in [0.717, 1.165) is 0 Å². The van der Waals surface area contributed by atoms with Crippen LogP contribution in [0.3, 0.4) is 0 Å². The molecule has 1 amide bonds. The molecule has 0 aliphatic heterocycles. The summed E-state index contributed by atoms with van der Waals surface area (Å²) in [7, 11) is -2.20. The van der Waals surface area contributed by atoms with Gasteiger partial charge in [0.15, 0.2) is 0 Å². The molecular weight excluding hydrogens is 166 g/mol. The maximum atomic E-state index is 10.5. The fourth-order valence-corrected chi connectivity index (χ4v) is 1.43. The molecule has 2 N–H and O–H groups in total. The molecule has 1 rings (SSSR count). The van der Waals surface area contributed by atoms with E-state index in [0.29, 0.717) is 18.4 Å². The first-order valence-electron chi connectivity index (χ1n) is 3.06. The molecule has 0 aromatic heterocycles. The molecule has 11 heavy (non-hydrogen) atoms. The SMILES string of the molecule is NC(=O)C1=CC(=S(=O)=O)CC1. The van der Waals surface area contributed by atoms with Gasteiger partial charge < -0.3 is 5.73 Å². The molecule has 0 heterocycles. The number of primary amides is 1. The Labute approximate surface area is 65.2 Å². The number of hydrogen-bond donors (Lipinski definition) is 1. The lowest BCUT2D eigenvalue weighted by molar-refractivity contribution is -0.114. The minimum atomic E-state index is -2.20. The highest BCUT2D eigenvalue weighted by Gasteiger charge is 2.15. The van der Waals surface area contributed by atoms with Crippen LogP contribution in [-0.2, 0) is 15.1 Å². The Morgan fingerprint density at radius 3 is 2.36 bits per heavy atom. The third-order valence-electron chi connectivity index (χ3n) is 1.51. The maximum Gasteiger partial charge on any atom is 0.244 e. The predicted molar refractivity (Wildman–Crippen MR) is 40.4 cm³/mol. The molecule has 0 aromatic rings. The summed E-state index contributed by atoms with van der Waals surface area (Å²) in [5.41, 5.74) is 5.33. The summed E-state index contributed by atoms with van der Waals surface area (Å²) in [4.78, 5) is 10.8. The Bertz CT molecular complexity index is 342. The van der Waals surface area contributed by atoms with Crippen molar-refractivity contribution in [1.29, 1.82) is 0 Å². The molecule has 0 spiro atoms. The third kappa shape index (κ3) is 1.68. The van der Waals surface area contributed by atoms with Crippen LogP contribution in [0, 0.1) is 0 Å². The fraction of sp³-hybridized carbons (Fsp3) is 0.333. The number of amides is 1. The van der Waals surface area contributed by atoms with Crippen molar-refractivity contribution in [3.05, 3.63) is 11.6 Å². The van der Waals surface area contributed by atoms with Crippen molar-refractivity contribution < 1.29 is 13.2 Å². The second-order valence-corrected chi connectivity index (χ2v) is 3.23. The molecule has 1 aliphatic rings. The second kappa shape index (κ2) is 2.87. The summed E-state index contributed by atoms with van der Waals surface area (Å²) in [5.74, 6) is -0.537. The second-order valence-electron chi connectivity index (χ2n) is 2.23. The quantitative estimate of drug-likeness (QED) is 0.529. The Balaban J connectivity index is 3.04. The lowest BCUT2D eigenvalue weighted by Crippen LogP contribution is -2.11. The first kappa shape index (κ1) is 8.00. The van der Waals surface area contributed by atoms with Crippen LogP contribution in [0.5, 0.6) is 0 Å². The van der Waals surface area contributed by atoms with Gasteiger partial charge in [-0.05, 0) is 18.9 Å². The van der Waals surface area contributed by atoms with Crippen molar-refractivity contribution in [2.24, 2.45) is 5.73 Å². The summed E-state index contributed by atoms with van der Waals surface area (Å²) < 4.78 is 20.7. The zero-order valence-electron chi connectivity index (χ0n) is 5.70. The lowest BCUT2D eigenvalue weighted by atomic mass is 10.2. The minimum Gasteiger partial charge on any atom is -0.366 e. The van der Waals surface area contributed by atoms with Crippen molar-refractivity contribution in [3.8, 4) is 0 Å². The van der Waals surface area contributed by atoms with Gasteiger partial charge in [-0.1, -0.05) is 0 Å². The zero-order valence-corrected chi connectivity index (χ0v) is 6.52. The van der Waals surface area contributed by atoms with Gasteiger partial charge in [-0.3, -0.25) is 4.79 Å². The van der Waals surface area contributed by atoms with Gasteiger partial charge in [0.1, 0.15) is 0 Å². The van der Waals surface area contributed by atoms with E-state index in [-0.39, 0.29) is 4.86 Å². The average molecular weight is 173 g/mol. The van der Waals surface area contributed by atoms with Crippen LogP contribution in [-0.4, -0.2) is 19.2 Å². The minimum absolute atomic E-state index is 0.263. The Morgan fingerprint density at radius 1 is 1.45 bits per heavy atom. The van der Waals surface area contributed by atoms with Crippen LogP contribution < -0.4 is 5.73 Å². The third-order valence-corrected chi connectivity index (χ3v) is 2.26. The molecule has 0 saturated carbocycles. The van der Waals surface area contributed by atoms with E-state index < -0.39 is 16.2 Å². The smallest absolute Gasteiger partial charge is 0.244 e. The normalized spacial score (nSPS) is 16.4. The molecule has 0 unspecified atom stereocenters. The Morgan fingerprint density at radius 2 is 2.09 bits per heavy atom. The molecule has 60 valence electrons. The van der Waals surface area contributed by atoms with Gasteiger partial charge in [0.05, 0.1) is 4.86 Å². The average Bonchev–Trinajstić information content (AvgIpc) is 2.33. The molecule has 4 nitrogen and oxygen atoms in total. The molecule has 1 aliphatic carbocycles. The van der Waals surface area contributed by atoms with Crippen molar-refractivity contribution in [1.82, 2.24) is 0 Å². The first-order chi connectivity index (χ1) is 5.11. The Hall–Kier alpha value is -1.10. The van der Waals surface area contributed by atoms with Gasteiger partial charge in [0.2, 0.25) is 16.2 Å². The van der Waals surface area contributed by atoms with Gasteiger partial charge in [-0.25, -0.2) is 0 Å². The van der Waals surface area contributed by atoms with Crippen molar-refractivity contribution in [2.75, 3.05) is 0 Å². The molecule has 0 aromatic carbocycles. The predicted octanol–water partition coefficient (Wildman–Crippen LogP) is -0.757. The topological polar surface area (TPSA) is 77.2 Å². The van der Waals surface area contributed by atoms with Crippen LogP contribution >= 0.6 is 0 Å². The molecule has 5 heteroatoms. The van der Waals surface area contributed by atoms with Gasteiger partial charge in [0.25, 0.3) is 0 Å². The van der Waals surface area contributed by atoms with Crippen LogP contribution in [0.4, 0.5) is 0 Å². The van der Waals surface area contributed by atoms with E-state index in [2.05, 4.69) is 0 Å². The highest BCUT2D eigenvalue weighted by Crippen LogP contribution is 2.14. The molecular formula is C6H7NO3S. The molecule has 0 fully saturated rings.